The van der Waals surface area contributed by atoms with Crippen LogP contribution < -0.4 is 9.47 Å². The molecule has 2 aromatic carbocycles. The van der Waals surface area contributed by atoms with E-state index in [0.29, 0.717) is 40.9 Å². The van der Waals surface area contributed by atoms with Crippen LogP contribution in [0, 0.1) is 5.82 Å². The molecule has 0 radical (unpaired) electrons. The SMILES string of the molecule is OC(c1ccc(F)cc1Cl)c1cc2c(cc1Cl)OCCO2. The van der Waals surface area contributed by atoms with Crippen LogP contribution in [0.4, 0.5) is 4.39 Å². The van der Waals surface area contributed by atoms with Gasteiger partial charge in [-0.25, -0.2) is 4.39 Å². The van der Waals surface area contributed by atoms with Crippen LogP contribution in [-0.4, -0.2) is 18.3 Å². The molecule has 1 heterocycles. The molecule has 110 valence electrons. The first kappa shape index (κ1) is 14.4. The summed E-state index contributed by atoms with van der Waals surface area (Å²) in [6, 6.07) is 7.01. The number of rotatable bonds is 2. The van der Waals surface area contributed by atoms with Crippen molar-refractivity contribution in [1.29, 1.82) is 0 Å². The van der Waals surface area contributed by atoms with Gasteiger partial charge in [0.05, 0.1) is 5.02 Å². The van der Waals surface area contributed by atoms with Crippen LogP contribution in [0.25, 0.3) is 0 Å². The van der Waals surface area contributed by atoms with Crippen molar-refractivity contribution >= 4 is 23.2 Å². The standard InChI is InChI=1S/C15H11Cl2FO3/c16-11-5-8(18)1-2-9(11)15(19)10-6-13-14(7-12(10)17)21-4-3-20-13/h1-2,5-7,15,19H,3-4H2. The topological polar surface area (TPSA) is 38.7 Å². The molecule has 21 heavy (non-hydrogen) atoms. The third-order valence-electron chi connectivity index (χ3n) is 3.21. The predicted molar refractivity (Wildman–Crippen MR) is 77.9 cm³/mol. The highest BCUT2D eigenvalue weighted by Gasteiger charge is 2.22. The molecule has 0 spiro atoms. The van der Waals surface area contributed by atoms with Gasteiger partial charge >= 0.3 is 0 Å². The maximum Gasteiger partial charge on any atom is 0.162 e. The van der Waals surface area contributed by atoms with Crippen LogP contribution in [0.3, 0.4) is 0 Å². The first-order chi connectivity index (χ1) is 10.1. The zero-order chi connectivity index (χ0) is 15.0. The van der Waals surface area contributed by atoms with E-state index in [0.717, 1.165) is 6.07 Å². The summed E-state index contributed by atoms with van der Waals surface area (Å²) in [5.41, 5.74) is 0.797. The van der Waals surface area contributed by atoms with Gasteiger partial charge in [0.25, 0.3) is 0 Å². The highest BCUT2D eigenvalue weighted by molar-refractivity contribution is 6.32. The second-order valence-corrected chi connectivity index (χ2v) is 5.40. The molecule has 0 bridgehead atoms. The van der Waals surface area contributed by atoms with E-state index >= 15 is 0 Å². The molecule has 6 heteroatoms. The second kappa shape index (κ2) is 5.72. The third kappa shape index (κ3) is 2.79. The molecule has 3 nitrogen and oxygen atoms in total. The molecular weight excluding hydrogens is 318 g/mol. The van der Waals surface area contributed by atoms with Gasteiger partial charge in [0.1, 0.15) is 25.1 Å². The molecule has 0 aromatic heterocycles. The van der Waals surface area contributed by atoms with Crippen LogP contribution in [0.15, 0.2) is 30.3 Å². The van der Waals surface area contributed by atoms with Gasteiger partial charge in [-0.3, -0.25) is 0 Å². The van der Waals surface area contributed by atoms with Crippen molar-refractivity contribution in [2.45, 2.75) is 6.10 Å². The maximum atomic E-state index is 13.1. The Hall–Kier alpha value is -1.49. The Morgan fingerprint density at radius 3 is 2.24 bits per heavy atom. The number of fused-ring (bicyclic) bond motifs is 1. The van der Waals surface area contributed by atoms with E-state index in [4.69, 9.17) is 32.7 Å². The van der Waals surface area contributed by atoms with Gasteiger partial charge in [-0.15, -0.1) is 0 Å². The van der Waals surface area contributed by atoms with Gasteiger partial charge in [0.15, 0.2) is 11.5 Å². The highest BCUT2D eigenvalue weighted by atomic mass is 35.5. The summed E-state index contributed by atoms with van der Waals surface area (Å²) in [6.07, 6.45) is -1.08. The minimum atomic E-state index is -1.08. The summed E-state index contributed by atoms with van der Waals surface area (Å²) in [7, 11) is 0. The van der Waals surface area contributed by atoms with Crippen molar-refractivity contribution in [2.24, 2.45) is 0 Å². The normalized spacial score (nSPS) is 14.9. The van der Waals surface area contributed by atoms with E-state index in [1.54, 1.807) is 12.1 Å². The van der Waals surface area contributed by atoms with Crippen LogP contribution in [0.2, 0.25) is 10.0 Å². The Labute approximate surface area is 130 Å². The predicted octanol–water partition coefficient (Wildman–Crippen LogP) is 3.99. The number of ether oxygens (including phenoxy) is 2. The molecule has 1 N–H and O–H groups in total. The first-order valence-electron chi connectivity index (χ1n) is 6.28. The molecule has 1 aliphatic heterocycles. The van der Waals surface area contributed by atoms with E-state index in [1.165, 1.54) is 12.1 Å². The van der Waals surface area contributed by atoms with E-state index in [2.05, 4.69) is 0 Å². The van der Waals surface area contributed by atoms with Crippen molar-refractivity contribution < 1.29 is 19.0 Å². The Bertz CT molecular complexity index is 691. The highest BCUT2D eigenvalue weighted by Crippen LogP contribution is 2.40. The van der Waals surface area contributed by atoms with E-state index in [-0.39, 0.29) is 5.02 Å². The number of aliphatic hydroxyl groups excluding tert-OH is 1. The van der Waals surface area contributed by atoms with E-state index in [1.807, 2.05) is 0 Å². The lowest BCUT2D eigenvalue weighted by Crippen LogP contribution is -2.16. The lowest BCUT2D eigenvalue weighted by molar-refractivity contribution is 0.169. The van der Waals surface area contributed by atoms with Crippen LogP contribution in [0.5, 0.6) is 11.5 Å². The smallest absolute Gasteiger partial charge is 0.162 e. The molecule has 1 atom stereocenters. The average molecular weight is 329 g/mol. The van der Waals surface area contributed by atoms with Gasteiger partial charge in [-0.1, -0.05) is 29.3 Å². The summed E-state index contributed by atoms with van der Waals surface area (Å²) in [5, 5.41) is 10.9. The molecule has 1 unspecified atom stereocenters. The lowest BCUT2D eigenvalue weighted by Gasteiger charge is -2.22. The summed E-state index contributed by atoms with van der Waals surface area (Å²) in [5.74, 6) is 0.578. The Morgan fingerprint density at radius 1 is 0.952 bits per heavy atom. The largest absolute Gasteiger partial charge is 0.486 e. The molecule has 1 aliphatic rings. The zero-order valence-corrected chi connectivity index (χ0v) is 12.3. The molecule has 0 saturated heterocycles. The van der Waals surface area contributed by atoms with Crippen LogP contribution in [-0.2, 0) is 0 Å². The van der Waals surface area contributed by atoms with E-state index in [9.17, 15) is 9.50 Å². The van der Waals surface area contributed by atoms with Crippen LogP contribution in [0.1, 0.15) is 17.2 Å². The number of hydrogen-bond donors (Lipinski definition) is 1. The van der Waals surface area contributed by atoms with Gasteiger partial charge in [0, 0.05) is 22.2 Å². The number of aliphatic hydroxyl groups is 1. The Balaban J connectivity index is 2.03. The molecule has 0 amide bonds. The minimum Gasteiger partial charge on any atom is -0.486 e. The fourth-order valence-corrected chi connectivity index (χ4v) is 2.71. The summed E-state index contributed by atoms with van der Waals surface area (Å²) < 4.78 is 24.0. The molecular formula is C15H11Cl2FO3. The second-order valence-electron chi connectivity index (χ2n) is 4.59. The maximum absolute atomic E-state index is 13.1. The number of hydrogen-bond acceptors (Lipinski definition) is 3. The molecule has 0 aliphatic carbocycles. The minimum absolute atomic E-state index is 0.133. The van der Waals surface area contributed by atoms with Crippen molar-refractivity contribution in [3.05, 3.63) is 57.3 Å². The zero-order valence-electron chi connectivity index (χ0n) is 10.8. The third-order valence-corrected chi connectivity index (χ3v) is 3.87. The number of benzene rings is 2. The van der Waals surface area contributed by atoms with E-state index < -0.39 is 11.9 Å². The fraction of sp³-hybridized carbons (Fsp3) is 0.200. The number of halogens is 3. The summed E-state index contributed by atoms with van der Waals surface area (Å²) in [4.78, 5) is 0. The van der Waals surface area contributed by atoms with Crippen molar-refractivity contribution in [3.63, 3.8) is 0 Å². The first-order valence-corrected chi connectivity index (χ1v) is 7.04. The lowest BCUT2D eigenvalue weighted by atomic mass is 10.0. The summed E-state index contributed by atoms with van der Waals surface area (Å²) in [6.45, 7) is 0.885. The van der Waals surface area contributed by atoms with Gasteiger partial charge in [-0.05, 0) is 18.2 Å². The molecule has 0 saturated carbocycles. The quantitative estimate of drug-likeness (QED) is 0.906. The molecule has 2 aromatic rings. The average Bonchev–Trinajstić information content (AvgIpc) is 2.46. The van der Waals surface area contributed by atoms with Crippen molar-refractivity contribution in [1.82, 2.24) is 0 Å². The van der Waals surface area contributed by atoms with Crippen molar-refractivity contribution in [3.8, 4) is 11.5 Å². The monoisotopic (exact) mass is 328 g/mol. The van der Waals surface area contributed by atoms with Gasteiger partial charge < -0.3 is 14.6 Å². The summed E-state index contributed by atoms with van der Waals surface area (Å²) >= 11 is 12.1. The van der Waals surface area contributed by atoms with Gasteiger partial charge in [-0.2, -0.15) is 0 Å². The Morgan fingerprint density at radius 2 is 1.57 bits per heavy atom. The molecule has 3 rings (SSSR count). The van der Waals surface area contributed by atoms with Crippen LogP contribution >= 0.6 is 23.2 Å². The van der Waals surface area contributed by atoms with Crippen molar-refractivity contribution in [2.75, 3.05) is 13.2 Å². The molecule has 0 fully saturated rings. The Kier molecular flexibility index (Phi) is 3.93. The fourth-order valence-electron chi connectivity index (χ4n) is 2.18. The van der Waals surface area contributed by atoms with Gasteiger partial charge in [0.2, 0.25) is 0 Å².